The molecule has 4 nitrogen and oxygen atoms in total. The zero-order valence-corrected chi connectivity index (χ0v) is 14.3. The van der Waals surface area contributed by atoms with Crippen molar-refractivity contribution in [1.29, 1.82) is 0 Å². The molecule has 0 aliphatic heterocycles. The number of halogens is 1. The van der Waals surface area contributed by atoms with Gasteiger partial charge in [0.2, 0.25) is 0 Å². The van der Waals surface area contributed by atoms with Crippen LogP contribution in [-0.4, -0.2) is 14.8 Å². The van der Waals surface area contributed by atoms with Gasteiger partial charge >= 0.3 is 0 Å². The summed E-state index contributed by atoms with van der Waals surface area (Å²) < 4.78 is 7.42. The van der Waals surface area contributed by atoms with Gasteiger partial charge in [0, 0.05) is 17.3 Å². The Morgan fingerprint density at radius 2 is 2.04 bits per heavy atom. The monoisotopic (exact) mass is 345 g/mol. The lowest BCUT2D eigenvalue weighted by atomic mass is 10.2. The molecule has 2 heterocycles. The summed E-state index contributed by atoms with van der Waals surface area (Å²) in [4.78, 5) is 0. The van der Waals surface area contributed by atoms with Crippen molar-refractivity contribution in [2.24, 2.45) is 0 Å². The average molecular weight is 346 g/mol. The number of hydrogen-bond acceptors (Lipinski definition) is 4. The maximum absolute atomic E-state index is 5.92. The molecule has 0 radical (unpaired) electrons. The van der Waals surface area contributed by atoms with Crippen LogP contribution in [0.5, 0.6) is 0 Å². The number of allylic oxidation sites excluding steroid dienone is 1. The Labute approximate surface area is 144 Å². The molecule has 0 unspecified atom stereocenters. The number of hydrogen-bond donors (Lipinski definition) is 0. The topological polar surface area (TPSA) is 43.9 Å². The van der Waals surface area contributed by atoms with Crippen molar-refractivity contribution in [2.75, 3.05) is 0 Å². The third-order valence-electron chi connectivity index (χ3n) is 3.41. The smallest absolute Gasteiger partial charge is 0.192 e. The van der Waals surface area contributed by atoms with E-state index in [1.165, 1.54) is 5.56 Å². The van der Waals surface area contributed by atoms with Crippen molar-refractivity contribution >= 4 is 23.4 Å². The first-order valence-corrected chi connectivity index (χ1v) is 8.51. The highest BCUT2D eigenvalue weighted by Crippen LogP contribution is 2.28. The van der Waals surface area contributed by atoms with Crippen LogP contribution in [0.15, 0.2) is 58.8 Å². The van der Waals surface area contributed by atoms with Crippen molar-refractivity contribution in [3.05, 3.63) is 65.6 Å². The highest BCUT2D eigenvalue weighted by Gasteiger charge is 2.16. The molecule has 3 rings (SSSR count). The third-order valence-corrected chi connectivity index (χ3v) is 4.70. The summed E-state index contributed by atoms with van der Waals surface area (Å²) in [6.45, 7) is 6.39. The summed E-state index contributed by atoms with van der Waals surface area (Å²) in [7, 11) is 0. The van der Waals surface area contributed by atoms with Gasteiger partial charge in [-0.25, -0.2) is 0 Å². The van der Waals surface area contributed by atoms with Crippen LogP contribution in [0.3, 0.4) is 0 Å². The first-order valence-electron chi connectivity index (χ1n) is 7.15. The van der Waals surface area contributed by atoms with E-state index in [9.17, 15) is 0 Å². The van der Waals surface area contributed by atoms with Crippen LogP contribution in [0.2, 0.25) is 5.02 Å². The Hall–Kier alpha value is -1.98. The molecule has 3 aromatic rings. The van der Waals surface area contributed by atoms with Gasteiger partial charge in [-0.2, -0.15) is 0 Å². The van der Waals surface area contributed by atoms with Gasteiger partial charge in [0.05, 0.1) is 11.8 Å². The molecule has 1 aromatic carbocycles. The molecule has 0 saturated heterocycles. The summed E-state index contributed by atoms with van der Waals surface area (Å²) in [5.74, 6) is 2.43. The number of rotatable bonds is 6. The molecule has 6 heteroatoms. The van der Waals surface area contributed by atoms with E-state index in [0.29, 0.717) is 6.54 Å². The molecular weight excluding hydrogens is 330 g/mol. The van der Waals surface area contributed by atoms with Gasteiger partial charge < -0.3 is 4.42 Å². The Kier molecular flexibility index (Phi) is 4.88. The fourth-order valence-electron chi connectivity index (χ4n) is 2.23. The van der Waals surface area contributed by atoms with Crippen molar-refractivity contribution < 1.29 is 4.42 Å². The molecular formula is C17H16ClN3OS. The SMILES string of the molecule is C=CCn1c(SCc2ccc(Cl)cc2)nnc1-c1ccoc1C. The van der Waals surface area contributed by atoms with Crippen LogP contribution in [0.1, 0.15) is 11.3 Å². The van der Waals surface area contributed by atoms with E-state index >= 15 is 0 Å². The van der Waals surface area contributed by atoms with Crippen LogP contribution in [0, 0.1) is 6.92 Å². The van der Waals surface area contributed by atoms with Crippen LogP contribution < -0.4 is 0 Å². The molecule has 0 amide bonds. The molecule has 0 spiro atoms. The molecule has 0 bridgehead atoms. The lowest BCUT2D eigenvalue weighted by molar-refractivity contribution is 0.534. The fourth-order valence-corrected chi connectivity index (χ4v) is 3.26. The maximum atomic E-state index is 5.92. The second-order valence-electron chi connectivity index (χ2n) is 5.01. The Balaban J connectivity index is 1.84. The van der Waals surface area contributed by atoms with E-state index in [4.69, 9.17) is 16.0 Å². The van der Waals surface area contributed by atoms with Gasteiger partial charge in [-0.05, 0) is 30.7 Å². The van der Waals surface area contributed by atoms with E-state index in [2.05, 4.69) is 16.8 Å². The minimum absolute atomic E-state index is 0.649. The van der Waals surface area contributed by atoms with Gasteiger partial charge in [0.15, 0.2) is 11.0 Å². The summed E-state index contributed by atoms with van der Waals surface area (Å²) in [6, 6.07) is 9.74. The zero-order chi connectivity index (χ0) is 16.2. The quantitative estimate of drug-likeness (QED) is 0.467. The van der Waals surface area contributed by atoms with Gasteiger partial charge in [-0.15, -0.1) is 16.8 Å². The van der Waals surface area contributed by atoms with Crippen molar-refractivity contribution in [3.8, 4) is 11.4 Å². The second-order valence-corrected chi connectivity index (χ2v) is 6.39. The largest absolute Gasteiger partial charge is 0.469 e. The van der Waals surface area contributed by atoms with E-state index in [-0.39, 0.29) is 0 Å². The predicted molar refractivity (Wildman–Crippen MR) is 93.7 cm³/mol. The van der Waals surface area contributed by atoms with Crippen LogP contribution in [-0.2, 0) is 12.3 Å². The summed E-state index contributed by atoms with van der Waals surface area (Å²) in [5.41, 5.74) is 2.14. The molecule has 0 atom stereocenters. The van der Waals surface area contributed by atoms with Gasteiger partial charge in [0.25, 0.3) is 0 Å². The molecule has 118 valence electrons. The van der Waals surface area contributed by atoms with E-state index < -0.39 is 0 Å². The van der Waals surface area contributed by atoms with Gasteiger partial charge in [0.1, 0.15) is 5.76 Å². The third kappa shape index (κ3) is 3.51. The maximum Gasteiger partial charge on any atom is 0.192 e. The molecule has 0 N–H and O–H groups in total. The number of aromatic nitrogens is 3. The van der Waals surface area contributed by atoms with Crippen molar-refractivity contribution in [1.82, 2.24) is 14.8 Å². The van der Waals surface area contributed by atoms with Gasteiger partial charge in [-0.1, -0.05) is 41.6 Å². The molecule has 23 heavy (non-hydrogen) atoms. The van der Waals surface area contributed by atoms with Gasteiger partial charge in [-0.3, -0.25) is 4.57 Å². The number of aryl methyl sites for hydroxylation is 1. The minimum Gasteiger partial charge on any atom is -0.469 e. The standard InChI is InChI=1S/C17H16ClN3OS/c1-3-9-21-16(15-8-10-22-12(15)2)19-20-17(21)23-11-13-4-6-14(18)7-5-13/h3-8,10H,1,9,11H2,2H3. The normalized spacial score (nSPS) is 10.9. The van der Waals surface area contributed by atoms with E-state index in [1.807, 2.05) is 47.9 Å². The van der Waals surface area contributed by atoms with Crippen LogP contribution in [0.25, 0.3) is 11.4 Å². The molecule has 2 aromatic heterocycles. The highest BCUT2D eigenvalue weighted by molar-refractivity contribution is 7.98. The first kappa shape index (κ1) is 15.9. The predicted octanol–water partition coefficient (Wildman–Crippen LogP) is 4.98. The minimum atomic E-state index is 0.649. The Morgan fingerprint density at radius 3 is 2.70 bits per heavy atom. The summed E-state index contributed by atoms with van der Waals surface area (Å²) in [5, 5.41) is 10.3. The van der Waals surface area contributed by atoms with E-state index in [0.717, 1.165) is 33.1 Å². The highest BCUT2D eigenvalue weighted by atomic mass is 35.5. The number of nitrogens with zero attached hydrogens (tertiary/aromatic N) is 3. The van der Waals surface area contributed by atoms with Crippen LogP contribution in [0.4, 0.5) is 0 Å². The first-order chi connectivity index (χ1) is 11.2. The molecule has 0 aliphatic rings. The molecule has 0 fully saturated rings. The Bertz CT molecular complexity index is 808. The lowest BCUT2D eigenvalue weighted by Crippen LogP contribution is -2.00. The molecule has 0 aliphatic carbocycles. The summed E-state index contributed by atoms with van der Waals surface area (Å²) >= 11 is 7.56. The number of furan rings is 1. The number of benzene rings is 1. The van der Waals surface area contributed by atoms with Crippen LogP contribution >= 0.6 is 23.4 Å². The summed E-state index contributed by atoms with van der Waals surface area (Å²) in [6.07, 6.45) is 3.51. The zero-order valence-electron chi connectivity index (χ0n) is 12.7. The fraction of sp³-hybridized carbons (Fsp3) is 0.176. The second kappa shape index (κ2) is 7.06. The van der Waals surface area contributed by atoms with Crippen molar-refractivity contribution in [2.45, 2.75) is 24.4 Å². The lowest BCUT2D eigenvalue weighted by Gasteiger charge is -2.07. The molecule has 0 saturated carbocycles. The van der Waals surface area contributed by atoms with E-state index in [1.54, 1.807) is 18.0 Å². The average Bonchev–Trinajstić information content (AvgIpc) is 3.13. The Morgan fingerprint density at radius 1 is 1.26 bits per heavy atom. The van der Waals surface area contributed by atoms with Crippen molar-refractivity contribution in [3.63, 3.8) is 0 Å². The number of thioether (sulfide) groups is 1.